The number of hydrogen-bond acceptors (Lipinski definition) is 7. The zero-order chi connectivity index (χ0) is 16.2. The first-order valence-corrected chi connectivity index (χ1v) is 6.45. The molecule has 3 rings (SSSR count). The normalized spacial score (nSPS) is 10.3. The van der Waals surface area contributed by atoms with Crippen molar-refractivity contribution in [3.05, 3.63) is 64.5 Å². The molecule has 1 amide bonds. The lowest BCUT2D eigenvalue weighted by atomic mass is 10.3. The number of nitrogens with zero attached hydrogens (tertiary/aromatic N) is 2. The second kappa shape index (κ2) is 6.02. The average molecular weight is 314 g/mol. The Morgan fingerprint density at radius 3 is 2.74 bits per heavy atom. The lowest BCUT2D eigenvalue weighted by Crippen LogP contribution is -2.29. The highest BCUT2D eigenvalue weighted by atomic mass is 16.6. The van der Waals surface area contributed by atoms with Crippen LogP contribution in [0.5, 0.6) is 0 Å². The van der Waals surface area contributed by atoms with Crippen LogP contribution in [0.15, 0.2) is 57.7 Å². The molecule has 0 unspecified atom stereocenters. The van der Waals surface area contributed by atoms with Crippen molar-refractivity contribution in [1.29, 1.82) is 0 Å². The van der Waals surface area contributed by atoms with Crippen molar-refractivity contribution in [2.75, 3.05) is 5.43 Å². The fourth-order valence-corrected chi connectivity index (χ4v) is 1.84. The van der Waals surface area contributed by atoms with Crippen LogP contribution >= 0.6 is 0 Å². The third kappa shape index (κ3) is 3.02. The largest absolute Gasteiger partial charge is 0.461 e. The highest BCUT2D eigenvalue weighted by Crippen LogP contribution is 2.23. The van der Waals surface area contributed by atoms with E-state index in [1.54, 1.807) is 18.2 Å². The number of nitro benzene ring substituents is 1. The first kappa shape index (κ1) is 14.3. The molecule has 0 fully saturated rings. The number of hydrogen-bond donors (Lipinski definition) is 2. The van der Waals surface area contributed by atoms with Crippen LogP contribution in [-0.4, -0.2) is 16.0 Å². The number of para-hydroxylation sites is 2. The monoisotopic (exact) mass is 314 g/mol. The Hall–Kier alpha value is -3.62. The van der Waals surface area contributed by atoms with Gasteiger partial charge in [0, 0.05) is 12.1 Å². The van der Waals surface area contributed by atoms with Crippen LogP contribution in [0, 0.1) is 10.1 Å². The smallest absolute Gasteiger partial charge is 0.294 e. The van der Waals surface area contributed by atoms with Gasteiger partial charge < -0.3 is 8.94 Å². The summed E-state index contributed by atoms with van der Waals surface area (Å²) in [5.74, 6) is 0.124. The average Bonchev–Trinajstić information content (AvgIpc) is 3.23. The van der Waals surface area contributed by atoms with E-state index in [0.29, 0.717) is 11.5 Å². The van der Waals surface area contributed by atoms with E-state index in [-0.39, 0.29) is 17.1 Å². The van der Waals surface area contributed by atoms with Crippen molar-refractivity contribution in [2.24, 2.45) is 0 Å². The number of anilines is 1. The SMILES string of the molecule is O=C(NNc1ccccc1[N+](=O)[O-])c1cc(-c2ccco2)on1. The van der Waals surface area contributed by atoms with Crippen LogP contribution in [0.25, 0.3) is 11.5 Å². The van der Waals surface area contributed by atoms with Gasteiger partial charge >= 0.3 is 0 Å². The van der Waals surface area contributed by atoms with E-state index < -0.39 is 10.8 Å². The summed E-state index contributed by atoms with van der Waals surface area (Å²) in [6.45, 7) is 0. The lowest BCUT2D eigenvalue weighted by Gasteiger charge is -2.06. The number of carbonyl (C=O) groups is 1. The Balaban J connectivity index is 1.70. The number of amides is 1. The molecule has 1 aromatic carbocycles. The summed E-state index contributed by atoms with van der Waals surface area (Å²) in [7, 11) is 0. The van der Waals surface area contributed by atoms with Crippen molar-refractivity contribution in [3.63, 3.8) is 0 Å². The van der Waals surface area contributed by atoms with Gasteiger partial charge in [-0.3, -0.25) is 25.8 Å². The number of carbonyl (C=O) groups excluding carboxylic acids is 1. The van der Waals surface area contributed by atoms with Gasteiger partial charge in [0.1, 0.15) is 5.69 Å². The van der Waals surface area contributed by atoms with Crippen molar-refractivity contribution < 1.29 is 18.7 Å². The zero-order valence-corrected chi connectivity index (χ0v) is 11.6. The summed E-state index contributed by atoms with van der Waals surface area (Å²) >= 11 is 0. The van der Waals surface area contributed by atoms with E-state index in [1.807, 2.05) is 0 Å². The van der Waals surface area contributed by atoms with Crippen LogP contribution in [0.3, 0.4) is 0 Å². The molecule has 3 aromatic rings. The van der Waals surface area contributed by atoms with Crippen LogP contribution in [-0.2, 0) is 0 Å². The Morgan fingerprint density at radius 2 is 2.00 bits per heavy atom. The quantitative estimate of drug-likeness (QED) is 0.548. The molecule has 0 aliphatic carbocycles. The third-order valence-electron chi connectivity index (χ3n) is 2.92. The van der Waals surface area contributed by atoms with Crippen LogP contribution in [0.2, 0.25) is 0 Å². The summed E-state index contributed by atoms with van der Waals surface area (Å²) in [5, 5.41) is 14.5. The van der Waals surface area contributed by atoms with Crippen LogP contribution in [0.1, 0.15) is 10.5 Å². The van der Waals surface area contributed by atoms with E-state index in [2.05, 4.69) is 16.0 Å². The number of nitro groups is 1. The molecule has 2 N–H and O–H groups in total. The summed E-state index contributed by atoms with van der Waals surface area (Å²) in [5.41, 5.74) is 4.81. The number of aromatic nitrogens is 1. The Morgan fingerprint density at radius 1 is 1.17 bits per heavy atom. The van der Waals surface area contributed by atoms with Gasteiger partial charge in [0.2, 0.25) is 5.76 Å². The predicted octanol–water partition coefficient (Wildman–Crippen LogP) is 2.60. The summed E-state index contributed by atoms with van der Waals surface area (Å²) in [4.78, 5) is 22.3. The number of nitrogens with one attached hydrogen (secondary N) is 2. The minimum Gasteiger partial charge on any atom is -0.461 e. The third-order valence-corrected chi connectivity index (χ3v) is 2.92. The maximum Gasteiger partial charge on any atom is 0.294 e. The van der Waals surface area contributed by atoms with E-state index in [9.17, 15) is 14.9 Å². The van der Waals surface area contributed by atoms with Crippen molar-refractivity contribution in [2.45, 2.75) is 0 Å². The van der Waals surface area contributed by atoms with Gasteiger partial charge in [-0.05, 0) is 18.2 Å². The molecule has 0 aliphatic rings. The highest BCUT2D eigenvalue weighted by molar-refractivity contribution is 5.93. The van der Waals surface area contributed by atoms with Crippen molar-refractivity contribution in [1.82, 2.24) is 10.6 Å². The maximum absolute atomic E-state index is 12.0. The molecular weight excluding hydrogens is 304 g/mol. The van der Waals surface area contributed by atoms with E-state index in [0.717, 1.165) is 0 Å². The van der Waals surface area contributed by atoms with E-state index in [1.165, 1.54) is 30.5 Å². The minimum absolute atomic E-state index is 0.00230. The topological polar surface area (TPSA) is 123 Å². The molecule has 23 heavy (non-hydrogen) atoms. The Kier molecular flexibility index (Phi) is 3.75. The molecule has 2 aromatic heterocycles. The van der Waals surface area contributed by atoms with Gasteiger partial charge in [0.15, 0.2) is 11.5 Å². The first-order valence-electron chi connectivity index (χ1n) is 6.45. The van der Waals surface area contributed by atoms with Gasteiger partial charge in [0.05, 0.1) is 11.2 Å². The Labute approximate surface area is 129 Å². The van der Waals surface area contributed by atoms with Crippen molar-refractivity contribution in [3.8, 4) is 11.5 Å². The van der Waals surface area contributed by atoms with E-state index >= 15 is 0 Å². The van der Waals surface area contributed by atoms with Gasteiger partial charge in [-0.1, -0.05) is 17.3 Å². The minimum atomic E-state index is -0.607. The van der Waals surface area contributed by atoms with Gasteiger partial charge in [-0.15, -0.1) is 0 Å². The molecule has 9 nitrogen and oxygen atoms in total. The number of furan rings is 1. The summed E-state index contributed by atoms with van der Waals surface area (Å²) < 4.78 is 10.1. The second-order valence-electron chi connectivity index (χ2n) is 4.41. The number of hydrazine groups is 1. The molecule has 0 radical (unpaired) electrons. The molecule has 9 heteroatoms. The molecule has 0 saturated carbocycles. The predicted molar refractivity (Wildman–Crippen MR) is 78.4 cm³/mol. The van der Waals surface area contributed by atoms with Gasteiger partial charge in [-0.25, -0.2) is 0 Å². The molecule has 0 spiro atoms. The highest BCUT2D eigenvalue weighted by Gasteiger charge is 2.17. The standard InChI is InChI=1S/C14H10N4O5/c19-14(10-8-13(23-17-10)12-6-3-7-22-12)16-15-9-4-1-2-5-11(9)18(20)21/h1-8,15H,(H,16,19). The fraction of sp³-hybridized carbons (Fsp3) is 0. The molecule has 2 heterocycles. The fourth-order valence-electron chi connectivity index (χ4n) is 1.84. The molecule has 0 aliphatic heterocycles. The van der Waals surface area contributed by atoms with Crippen molar-refractivity contribution >= 4 is 17.3 Å². The zero-order valence-electron chi connectivity index (χ0n) is 11.6. The van der Waals surface area contributed by atoms with Gasteiger partial charge in [0.25, 0.3) is 11.6 Å². The number of benzene rings is 1. The summed E-state index contributed by atoms with van der Waals surface area (Å²) in [6.07, 6.45) is 1.47. The summed E-state index contributed by atoms with van der Waals surface area (Å²) in [6, 6.07) is 10.6. The Bertz CT molecular complexity index is 840. The second-order valence-corrected chi connectivity index (χ2v) is 4.41. The molecular formula is C14H10N4O5. The van der Waals surface area contributed by atoms with Crippen LogP contribution < -0.4 is 10.9 Å². The van der Waals surface area contributed by atoms with Crippen LogP contribution in [0.4, 0.5) is 11.4 Å². The molecule has 0 bridgehead atoms. The maximum atomic E-state index is 12.0. The lowest BCUT2D eigenvalue weighted by molar-refractivity contribution is -0.384. The van der Waals surface area contributed by atoms with Gasteiger partial charge in [-0.2, -0.15) is 0 Å². The molecule has 116 valence electrons. The number of rotatable bonds is 5. The first-order chi connectivity index (χ1) is 11.1. The molecule has 0 atom stereocenters. The van der Waals surface area contributed by atoms with E-state index in [4.69, 9.17) is 8.94 Å². The molecule has 0 saturated heterocycles.